The third kappa shape index (κ3) is 2.42. The van der Waals surface area contributed by atoms with Crippen molar-refractivity contribution < 1.29 is 4.42 Å². The van der Waals surface area contributed by atoms with Crippen LogP contribution < -0.4 is 5.32 Å². The fraction of sp³-hybridized carbons (Fsp3) is 0.312. The molecule has 1 aliphatic heterocycles. The van der Waals surface area contributed by atoms with E-state index in [1.54, 1.807) is 12.6 Å². The van der Waals surface area contributed by atoms with Gasteiger partial charge in [-0.25, -0.2) is 4.98 Å². The molecule has 112 valence electrons. The van der Waals surface area contributed by atoms with E-state index in [1.165, 1.54) is 5.57 Å². The molecule has 22 heavy (non-hydrogen) atoms. The van der Waals surface area contributed by atoms with E-state index in [2.05, 4.69) is 26.6 Å². The molecule has 4 heterocycles. The molecule has 0 aromatic carbocycles. The molecule has 6 heteroatoms. The molecule has 0 saturated carbocycles. The average molecular weight is 295 g/mol. The Labute approximate surface area is 127 Å². The predicted molar refractivity (Wildman–Crippen MR) is 82.4 cm³/mol. The molecule has 3 aromatic heterocycles. The first-order chi connectivity index (χ1) is 10.9. The van der Waals surface area contributed by atoms with Crippen LogP contribution in [0.3, 0.4) is 0 Å². The topological polar surface area (TPSA) is 68.2 Å². The number of aromatic nitrogens is 4. The summed E-state index contributed by atoms with van der Waals surface area (Å²) in [5, 5.41) is 11.7. The van der Waals surface area contributed by atoms with E-state index in [9.17, 15) is 0 Å². The van der Waals surface area contributed by atoms with Gasteiger partial charge in [-0.2, -0.15) is 0 Å². The maximum absolute atomic E-state index is 5.38. The first-order valence-corrected chi connectivity index (χ1v) is 7.52. The average Bonchev–Trinajstić information content (AvgIpc) is 3.25. The standard InChI is InChI=1S/C16H17N5O/c1-2-13(22-9-1)3-4-15-18-10-14(12-5-7-17-8-6-12)16-20-19-11-21(15)16/h1-2,5,9-11,17H,3-4,6-8H2. The largest absolute Gasteiger partial charge is 0.469 e. The van der Waals surface area contributed by atoms with Crippen molar-refractivity contribution in [3.8, 4) is 0 Å². The van der Waals surface area contributed by atoms with Crippen LogP contribution in [-0.2, 0) is 12.8 Å². The van der Waals surface area contributed by atoms with Crippen molar-refractivity contribution in [2.24, 2.45) is 0 Å². The first kappa shape index (κ1) is 13.2. The van der Waals surface area contributed by atoms with Crippen LogP contribution in [0.5, 0.6) is 0 Å². The van der Waals surface area contributed by atoms with Gasteiger partial charge in [0.25, 0.3) is 0 Å². The minimum Gasteiger partial charge on any atom is -0.469 e. The second-order valence-corrected chi connectivity index (χ2v) is 5.38. The minimum absolute atomic E-state index is 0.795. The lowest BCUT2D eigenvalue weighted by Crippen LogP contribution is -2.20. The summed E-state index contributed by atoms with van der Waals surface area (Å²) in [7, 11) is 0. The van der Waals surface area contributed by atoms with Gasteiger partial charge in [-0.1, -0.05) is 6.08 Å². The Morgan fingerprint density at radius 1 is 1.32 bits per heavy atom. The molecule has 0 fully saturated rings. The lowest BCUT2D eigenvalue weighted by atomic mass is 10.0. The Bertz CT molecular complexity index is 803. The van der Waals surface area contributed by atoms with Gasteiger partial charge in [-0.05, 0) is 30.7 Å². The maximum atomic E-state index is 5.38. The van der Waals surface area contributed by atoms with Crippen LogP contribution in [0.4, 0.5) is 0 Å². The monoisotopic (exact) mass is 295 g/mol. The van der Waals surface area contributed by atoms with E-state index in [0.29, 0.717) is 0 Å². The number of aryl methyl sites for hydroxylation is 2. The van der Waals surface area contributed by atoms with Crippen molar-refractivity contribution in [1.29, 1.82) is 0 Å². The molecule has 0 unspecified atom stereocenters. The summed E-state index contributed by atoms with van der Waals surface area (Å²) < 4.78 is 7.37. The van der Waals surface area contributed by atoms with Gasteiger partial charge in [0.15, 0.2) is 5.65 Å². The molecule has 0 spiro atoms. The molecule has 0 amide bonds. The van der Waals surface area contributed by atoms with Gasteiger partial charge >= 0.3 is 0 Å². The number of rotatable bonds is 4. The summed E-state index contributed by atoms with van der Waals surface area (Å²) in [6.07, 6.45) is 10.2. The van der Waals surface area contributed by atoms with E-state index in [0.717, 1.165) is 55.1 Å². The summed E-state index contributed by atoms with van der Waals surface area (Å²) in [4.78, 5) is 4.63. The highest BCUT2D eigenvalue weighted by atomic mass is 16.3. The van der Waals surface area contributed by atoms with Crippen molar-refractivity contribution in [3.63, 3.8) is 0 Å². The van der Waals surface area contributed by atoms with Crippen molar-refractivity contribution in [2.45, 2.75) is 19.3 Å². The highest BCUT2D eigenvalue weighted by Gasteiger charge is 2.14. The lowest BCUT2D eigenvalue weighted by Gasteiger charge is -2.15. The predicted octanol–water partition coefficient (Wildman–Crippen LogP) is 1.88. The molecular formula is C16H17N5O. The third-order valence-corrected chi connectivity index (χ3v) is 3.99. The molecule has 0 bridgehead atoms. The van der Waals surface area contributed by atoms with E-state index in [-0.39, 0.29) is 0 Å². The van der Waals surface area contributed by atoms with Gasteiger partial charge in [0.05, 0.1) is 6.26 Å². The van der Waals surface area contributed by atoms with Gasteiger partial charge in [0.2, 0.25) is 0 Å². The zero-order chi connectivity index (χ0) is 14.8. The summed E-state index contributed by atoms with van der Waals surface area (Å²) in [6, 6.07) is 3.89. The molecule has 3 aromatic rings. The quantitative estimate of drug-likeness (QED) is 0.796. The first-order valence-electron chi connectivity index (χ1n) is 7.52. The molecule has 6 nitrogen and oxygen atoms in total. The van der Waals surface area contributed by atoms with E-state index >= 15 is 0 Å². The number of hydrogen-bond donors (Lipinski definition) is 1. The second-order valence-electron chi connectivity index (χ2n) is 5.38. The van der Waals surface area contributed by atoms with Crippen LogP contribution in [0.2, 0.25) is 0 Å². The fourth-order valence-corrected chi connectivity index (χ4v) is 2.84. The third-order valence-electron chi connectivity index (χ3n) is 3.99. The normalized spacial score (nSPS) is 15.2. The number of furan rings is 1. The smallest absolute Gasteiger partial charge is 0.171 e. The van der Waals surface area contributed by atoms with E-state index in [4.69, 9.17) is 4.42 Å². The molecule has 4 rings (SSSR count). The Morgan fingerprint density at radius 2 is 2.32 bits per heavy atom. The van der Waals surface area contributed by atoms with Gasteiger partial charge in [-0.3, -0.25) is 4.40 Å². The number of fused-ring (bicyclic) bond motifs is 1. The summed E-state index contributed by atoms with van der Waals surface area (Å²) >= 11 is 0. The lowest BCUT2D eigenvalue weighted by molar-refractivity contribution is 0.506. The SMILES string of the molecule is C1=C(c2cnc(CCc3ccco3)n3cnnc23)CCNC1. The minimum atomic E-state index is 0.795. The molecule has 0 aliphatic carbocycles. The summed E-state index contributed by atoms with van der Waals surface area (Å²) in [5.41, 5.74) is 3.26. The molecule has 0 atom stereocenters. The van der Waals surface area contributed by atoms with Crippen molar-refractivity contribution in [2.75, 3.05) is 13.1 Å². The molecule has 1 aliphatic rings. The van der Waals surface area contributed by atoms with Crippen LogP contribution in [0.1, 0.15) is 23.6 Å². The van der Waals surface area contributed by atoms with Crippen LogP contribution >= 0.6 is 0 Å². The van der Waals surface area contributed by atoms with Gasteiger partial charge in [-0.15, -0.1) is 10.2 Å². The Hall–Kier alpha value is -2.47. The molecule has 0 radical (unpaired) electrons. The maximum Gasteiger partial charge on any atom is 0.171 e. The summed E-state index contributed by atoms with van der Waals surface area (Å²) in [6.45, 7) is 1.89. The van der Waals surface area contributed by atoms with Crippen LogP contribution in [0, 0.1) is 0 Å². The van der Waals surface area contributed by atoms with Gasteiger partial charge in [0.1, 0.15) is 17.9 Å². The molecule has 0 saturated heterocycles. The second kappa shape index (κ2) is 5.73. The molecule has 1 N–H and O–H groups in total. The fourth-order valence-electron chi connectivity index (χ4n) is 2.84. The zero-order valence-electron chi connectivity index (χ0n) is 12.2. The van der Waals surface area contributed by atoms with Crippen molar-refractivity contribution in [3.05, 3.63) is 54.1 Å². The van der Waals surface area contributed by atoms with Crippen molar-refractivity contribution >= 4 is 11.2 Å². The van der Waals surface area contributed by atoms with Gasteiger partial charge < -0.3 is 9.73 Å². The summed E-state index contributed by atoms with van der Waals surface area (Å²) in [5.74, 6) is 1.92. The highest BCUT2D eigenvalue weighted by molar-refractivity contribution is 5.75. The number of nitrogens with zero attached hydrogens (tertiary/aromatic N) is 4. The van der Waals surface area contributed by atoms with E-state index in [1.807, 2.05) is 22.7 Å². The van der Waals surface area contributed by atoms with Gasteiger partial charge in [0, 0.05) is 31.1 Å². The number of nitrogens with one attached hydrogen (secondary N) is 1. The van der Waals surface area contributed by atoms with Crippen LogP contribution in [-0.4, -0.2) is 32.7 Å². The number of hydrogen-bond acceptors (Lipinski definition) is 5. The Morgan fingerprint density at radius 3 is 3.14 bits per heavy atom. The highest BCUT2D eigenvalue weighted by Crippen LogP contribution is 2.23. The molecular weight excluding hydrogens is 278 g/mol. The van der Waals surface area contributed by atoms with E-state index < -0.39 is 0 Å². The van der Waals surface area contributed by atoms with Crippen LogP contribution in [0.25, 0.3) is 11.2 Å². The van der Waals surface area contributed by atoms with Crippen LogP contribution in [0.15, 0.2) is 41.4 Å². The zero-order valence-corrected chi connectivity index (χ0v) is 12.2. The Balaban J connectivity index is 1.67. The van der Waals surface area contributed by atoms with Crippen molar-refractivity contribution in [1.82, 2.24) is 24.9 Å². The Kier molecular flexibility index (Phi) is 3.44.